The Bertz CT molecular complexity index is 925. The zero-order chi connectivity index (χ0) is 21.3. The summed E-state index contributed by atoms with van der Waals surface area (Å²) in [5, 5.41) is 2.82. The predicted octanol–water partition coefficient (Wildman–Crippen LogP) is 3.64. The van der Waals surface area contributed by atoms with E-state index in [1.165, 1.54) is 6.07 Å². The third-order valence-electron chi connectivity index (χ3n) is 4.25. The lowest BCUT2D eigenvalue weighted by molar-refractivity contribution is 0.0951. The molecule has 29 heavy (non-hydrogen) atoms. The van der Waals surface area contributed by atoms with Gasteiger partial charge in [0, 0.05) is 6.54 Å². The second-order valence-corrected chi connectivity index (χ2v) is 8.55. The van der Waals surface area contributed by atoms with Gasteiger partial charge in [0.25, 0.3) is 5.91 Å². The van der Waals surface area contributed by atoms with E-state index < -0.39 is 15.7 Å². The van der Waals surface area contributed by atoms with Gasteiger partial charge in [0.2, 0.25) is 0 Å². The van der Waals surface area contributed by atoms with Crippen LogP contribution in [0.2, 0.25) is 0 Å². The van der Waals surface area contributed by atoms with Gasteiger partial charge in [0.1, 0.15) is 0 Å². The van der Waals surface area contributed by atoms with Crippen molar-refractivity contribution in [1.29, 1.82) is 0 Å². The first-order valence-corrected chi connectivity index (χ1v) is 11.6. The normalized spacial score (nSPS) is 11.1. The van der Waals surface area contributed by atoms with Crippen LogP contribution in [-0.2, 0) is 16.3 Å². The van der Waals surface area contributed by atoms with Crippen molar-refractivity contribution < 1.29 is 22.7 Å². The number of rotatable bonds is 11. The predicted molar refractivity (Wildman–Crippen MR) is 114 cm³/mol. The van der Waals surface area contributed by atoms with Crippen LogP contribution < -0.4 is 14.8 Å². The molecule has 0 unspecified atom stereocenters. The molecule has 0 saturated carbocycles. The molecule has 1 amide bonds. The third kappa shape index (κ3) is 6.22. The maximum atomic E-state index is 12.6. The molecule has 0 heterocycles. The van der Waals surface area contributed by atoms with E-state index in [9.17, 15) is 13.2 Å². The average molecular weight is 420 g/mol. The van der Waals surface area contributed by atoms with Gasteiger partial charge < -0.3 is 14.8 Å². The van der Waals surface area contributed by atoms with Crippen molar-refractivity contribution in [1.82, 2.24) is 5.32 Å². The molecule has 0 fully saturated rings. The smallest absolute Gasteiger partial charge is 0.252 e. The van der Waals surface area contributed by atoms with Crippen molar-refractivity contribution >= 4 is 15.7 Å². The van der Waals surface area contributed by atoms with Crippen LogP contribution in [0.15, 0.2) is 47.4 Å². The van der Waals surface area contributed by atoms with E-state index in [0.717, 1.165) is 5.56 Å². The summed E-state index contributed by atoms with van der Waals surface area (Å²) in [7, 11) is -3.48. The van der Waals surface area contributed by atoms with Gasteiger partial charge in [0.15, 0.2) is 21.3 Å². The van der Waals surface area contributed by atoms with Crippen LogP contribution >= 0.6 is 0 Å². The molecule has 0 bridgehead atoms. The highest BCUT2D eigenvalue weighted by Crippen LogP contribution is 2.28. The number of carbonyl (C=O) groups excluding carboxylic acids is 1. The van der Waals surface area contributed by atoms with Crippen molar-refractivity contribution in [3.63, 3.8) is 0 Å². The fourth-order valence-corrected chi connectivity index (χ4v) is 4.51. The van der Waals surface area contributed by atoms with E-state index in [0.29, 0.717) is 44.1 Å². The molecule has 2 aromatic carbocycles. The molecule has 1 N–H and O–H groups in total. The fraction of sp³-hybridized carbons (Fsp3) is 0.409. The van der Waals surface area contributed by atoms with Crippen LogP contribution in [0.4, 0.5) is 0 Å². The Morgan fingerprint density at radius 1 is 0.966 bits per heavy atom. The lowest BCUT2D eigenvalue weighted by Gasteiger charge is -2.13. The first kappa shape index (κ1) is 22.7. The van der Waals surface area contributed by atoms with Crippen molar-refractivity contribution in [2.24, 2.45) is 0 Å². The maximum Gasteiger partial charge on any atom is 0.252 e. The zero-order valence-corrected chi connectivity index (χ0v) is 18.1. The summed E-state index contributed by atoms with van der Waals surface area (Å²) in [5.74, 6) is 0.992. The molecular weight excluding hydrogens is 390 g/mol. The minimum atomic E-state index is -3.48. The van der Waals surface area contributed by atoms with E-state index >= 15 is 0 Å². The number of hydrogen-bond acceptors (Lipinski definition) is 5. The van der Waals surface area contributed by atoms with Gasteiger partial charge in [0.05, 0.1) is 29.4 Å². The molecule has 0 aliphatic carbocycles. The molecule has 0 aliphatic heterocycles. The topological polar surface area (TPSA) is 81.7 Å². The molecule has 0 saturated heterocycles. The van der Waals surface area contributed by atoms with E-state index in [1.54, 1.807) is 25.1 Å². The van der Waals surface area contributed by atoms with Gasteiger partial charge in [-0.05, 0) is 56.5 Å². The monoisotopic (exact) mass is 419 g/mol. The minimum Gasteiger partial charge on any atom is -0.490 e. The zero-order valence-electron chi connectivity index (χ0n) is 17.2. The molecule has 0 atom stereocenters. The standard InChI is InChI=1S/C22H29NO5S/c1-4-15-29(25,26)21-10-8-7-9-18(21)22(24)23-14-13-17-11-12-19(27-5-2)20(16-17)28-6-3/h7-12,16H,4-6,13-15H2,1-3H3,(H,23,24). The summed E-state index contributed by atoms with van der Waals surface area (Å²) in [5.41, 5.74) is 1.17. The van der Waals surface area contributed by atoms with Crippen LogP contribution in [0.3, 0.4) is 0 Å². The highest BCUT2D eigenvalue weighted by molar-refractivity contribution is 7.91. The third-order valence-corrected chi connectivity index (χ3v) is 6.22. The Labute approximate surface area is 173 Å². The van der Waals surface area contributed by atoms with Crippen molar-refractivity contribution in [3.8, 4) is 11.5 Å². The van der Waals surface area contributed by atoms with Crippen molar-refractivity contribution in [2.75, 3.05) is 25.5 Å². The minimum absolute atomic E-state index is 0.0175. The number of sulfone groups is 1. The lowest BCUT2D eigenvalue weighted by atomic mass is 10.1. The molecule has 7 heteroatoms. The summed E-state index contributed by atoms with van der Waals surface area (Å²) in [6.07, 6.45) is 1.08. The number of ether oxygens (including phenoxy) is 2. The fourth-order valence-electron chi connectivity index (χ4n) is 2.97. The Morgan fingerprint density at radius 2 is 1.66 bits per heavy atom. The van der Waals surface area contributed by atoms with Gasteiger partial charge in [-0.25, -0.2) is 8.42 Å². The molecule has 0 radical (unpaired) electrons. The summed E-state index contributed by atoms with van der Waals surface area (Å²) in [4.78, 5) is 12.7. The molecule has 0 aromatic heterocycles. The van der Waals surface area contributed by atoms with E-state index in [1.807, 2.05) is 32.0 Å². The SMILES string of the molecule is CCCS(=O)(=O)c1ccccc1C(=O)NCCc1ccc(OCC)c(OCC)c1. The molecule has 6 nitrogen and oxygen atoms in total. The van der Waals surface area contributed by atoms with Crippen LogP contribution in [-0.4, -0.2) is 39.8 Å². The van der Waals surface area contributed by atoms with E-state index in [4.69, 9.17) is 9.47 Å². The van der Waals surface area contributed by atoms with E-state index in [2.05, 4.69) is 5.32 Å². The molecular formula is C22H29NO5S. The summed E-state index contributed by atoms with van der Waals surface area (Å²) < 4.78 is 36.0. The van der Waals surface area contributed by atoms with Crippen LogP contribution in [0, 0.1) is 0 Å². The quantitative estimate of drug-likeness (QED) is 0.601. The number of benzene rings is 2. The first-order chi connectivity index (χ1) is 13.9. The maximum absolute atomic E-state index is 12.6. The summed E-state index contributed by atoms with van der Waals surface area (Å²) in [6, 6.07) is 12.0. The molecule has 0 spiro atoms. The summed E-state index contributed by atoms with van der Waals surface area (Å²) >= 11 is 0. The summed E-state index contributed by atoms with van der Waals surface area (Å²) in [6.45, 7) is 7.08. The molecule has 158 valence electrons. The van der Waals surface area contributed by atoms with Gasteiger partial charge in [-0.1, -0.05) is 25.1 Å². The number of nitrogens with one attached hydrogen (secondary N) is 1. The van der Waals surface area contributed by atoms with Crippen LogP contribution in [0.5, 0.6) is 11.5 Å². The molecule has 2 rings (SSSR count). The number of carbonyl (C=O) groups is 1. The van der Waals surface area contributed by atoms with Crippen LogP contribution in [0.1, 0.15) is 43.1 Å². The Morgan fingerprint density at radius 3 is 2.34 bits per heavy atom. The van der Waals surface area contributed by atoms with Gasteiger partial charge in [-0.15, -0.1) is 0 Å². The first-order valence-electron chi connectivity index (χ1n) is 9.91. The largest absolute Gasteiger partial charge is 0.490 e. The number of amides is 1. The highest BCUT2D eigenvalue weighted by atomic mass is 32.2. The second-order valence-electron chi connectivity index (χ2n) is 6.47. The highest BCUT2D eigenvalue weighted by Gasteiger charge is 2.21. The average Bonchev–Trinajstić information content (AvgIpc) is 2.70. The van der Waals surface area contributed by atoms with Gasteiger partial charge in [-0.2, -0.15) is 0 Å². The van der Waals surface area contributed by atoms with Crippen molar-refractivity contribution in [3.05, 3.63) is 53.6 Å². The Kier molecular flexibility index (Phi) is 8.51. The van der Waals surface area contributed by atoms with E-state index in [-0.39, 0.29) is 16.2 Å². The van der Waals surface area contributed by atoms with Gasteiger partial charge in [-0.3, -0.25) is 4.79 Å². The van der Waals surface area contributed by atoms with Crippen molar-refractivity contribution in [2.45, 2.75) is 38.5 Å². The molecule has 2 aromatic rings. The Hall–Kier alpha value is -2.54. The lowest BCUT2D eigenvalue weighted by Crippen LogP contribution is -2.27. The Balaban J connectivity index is 2.07. The molecule has 0 aliphatic rings. The second kappa shape index (κ2) is 10.9. The number of hydrogen-bond donors (Lipinski definition) is 1. The van der Waals surface area contributed by atoms with Crippen LogP contribution in [0.25, 0.3) is 0 Å². The van der Waals surface area contributed by atoms with Gasteiger partial charge >= 0.3 is 0 Å².